The quantitative estimate of drug-likeness (QED) is 0.656. The van der Waals surface area contributed by atoms with Crippen molar-refractivity contribution < 1.29 is 14.5 Å². The standard InChI is InChI=1S/C16H22N2O2/c1-11-6-5-7-14(8-11)16(19)20-17-15-9-13(3)18(4)10-12(15)2/h5-8,12-13H,9-10H2,1-4H3/p+1. The highest BCUT2D eigenvalue weighted by atomic mass is 16.7. The van der Waals surface area contributed by atoms with E-state index < -0.39 is 0 Å². The molecule has 0 spiro atoms. The van der Waals surface area contributed by atoms with E-state index in [1.165, 1.54) is 4.90 Å². The number of nitrogens with one attached hydrogen (secondary N) is 1. The van der Waals surface area contributed by atoms with E-state index in [-0.39, 0.29) is 5.97 Å². The van der Waals surface area contributed by atoms with Crippen molar-refractivity contribution in [2.24, 2.45) is 11.1 Å². The average Bonchev–Trinajstić information content (AvgIpc) is 2.41. The van der Waals surface area contributed by atoms with Crippen LogP contribution in [0.5, 0.6) is 0 Å². The first-order valence-electron chi connectivity index (χ1n) is 7.14. The summed E-state index contributed by atoms with van der Waals surface area (Å²) in [6, 6.07) is 7.88. The maximum absolute atomic E-state index is 12.0. The zero-order valence-corrected chi connectivity index (χ0v) is 12.6. The molecule has 0 saturated carbocycles. The second-order valence-corrected chi connectivity index (χ2v) is 5.89. The van der Waals surface area contributed by atoms with Crippen molar-refractivity contribution in [3.8, 4) is 0 Å². The molecule has 1 N–H and O–H groups in total. The fourth-order valence-corrected chi connectivity index (χ4v) is 2.54. The topological polar surface area (TPSA) is 43.1 Å². The van der Waals surface area contributed by atoms with E-state index in [4.69, 9.17) is 4.84 Å². The fourth-order valence-electron chi connectivity index (χ4n) is 2.54. The summed E-state index contributed by atoms with van der Waals surface area (Å²) in [5, 5.41) is 4.11. The lowest BCUT2D eigenvalue weighted by Gasteiger charge is -2.31. The zero-order chi connectivity index (χ0) is 14.7. The Hall–Kier alpha value is -1.68. The van der Waals surface area contributed by atoms with Crippen molar-refractivity contribution in [1.29, 1.82) is 0 Å². The van der Waals surface area contributed by atoms with Crippen molar-refractivity contribution in [2.75, 3.05) is 13.6 Å². The smallest absolute Gasteiger partial charge is 0.334 e. The molecule has 1 heterocycles. The summed E-state index contributed by atoms with van der Waals surface area (Å²) >= 11 is 0. The van der Waals surface area contributed by atoms with Gasteiger partial charge in [-0.2, -0.15) is 0 Å². The minimum atomic E-state index is -0.382. The molecule has 1 aliphatic heterocycles. The van der Waals surface area contributed by atoms with Gasteiger partial charge in [0.1, 0.15) is 0 Å². The van der Waals surface area contributed by atoms with Gasteiger partial charge < -0.3 is 9.74 Å². The van der Waals surface area contributed by atoms with Crippen LogP contribution in [0.15, 0.2) is 29.4 Å². The predicted molar refractivity (Wildman–Crippen MR) is 79.0 cm³/mol. The molecule has 4 heteroatoms. The molecule has 3 atom stereocenters. The van der Waals surface area contributed by atoms with Gasteiger partial charge in [0, 0.05) is 12.3 Å². The lowest BCUT2D eigenvalue weighted by Crippen LogP contribution is -3.14. The molecule has 108 valence electrons. The average molecular weight is 275 g/mol. The largest absolute Gasteiger partial charge is 0.365 e. The first-order chi connectivity index (χ1) is 9.47. The molecular weight excluding hydrogens is 252 g/mol. The molecule has 1 aromatic carbocycles. The lowest BCUT2D eigenvalue weighted by atomic mass is 9.93. The van der Waals surface area contributed by atoms with Crippen LogP contribution >= 0.6 is 0 Å². The number of hydrogen-bond donors (Lipinski definition) is 1. The zero-order valence-electron chi connectivity index (χ0n) is 12.6. The molecule has 0 bridgehead atoms. The molecule has 0 aliphatic carbocycles. The maximum atomic E-state index is 12.0. The highest BCUT2D eigenvalue weighted by Gasteiger charge is 2.29. The van der Waals surface area contributed by atoms with Crippen molar-refractivity contribution in [3.05, 3.63) is 35.4 Å². The minimum absolute atomic E-state index is 0.358. The Kier molecular flexibility index (Phi) is 4.55. The van der Waals surface area contributed by atoms with Gasteiger partial charge in [0.2, 0.25) is 0 Å². The Morgan fingerprint density at radius 2 is 2.15 bits per heavy atom. The number of rotatable bonds is 2. The van der Waals surface area contributed by atoms with E-state index in [1.54, 1.807) is 6.07 Å². The van der Waals surface area contributed by atoms with E-state index in [0.29, 0.717) is 17.5 Å². The van der Waals surface area contributed by atoms with Gasteiger partial charge in [0.15, 0.2) is 0 Å². The molecule has 1 fully saturated rings. The third kappa shape index (κ3) is 3.45. The number of likely N-dealkylation sites (tertiary alicyclic amines) is 1. The van der Waals surface area contributed by atoms with Crippen LogP contribution in [0.4, 0.5) is 0 Å². The Labute approximate surface area is 120 Å². The van der Waals surface area contributed by atoms with Gasteiger partial charge in [-0.3, -0.25) is 0 Å². The van der Waals surface area contributed by atoms with Crippen LogP contribution in [0.3, 0.4) is 0 Å². The van der Waals surface area contributed by atoms with Crippen LogP contribution in [0.25, 0.3) is 0 Å². The predicted octanol–water partition coefficient (Wildman–Crippen LogP) is 1.45. The molecule has 3 unspecified atom stereocenters. The Morgan fingerprint density at radius 1 is 1.40 bits per heavy atom. The van der Waals surface area contributed by atoms with E-state index in [2.05, 4.69) is 26.1 Å². The number of benzene rings is 1. The van der Waals surface area contributed by atoms with Crippen molar-refractivity contribution in [1.82, 2.24) is 0 Å². The normalized spacial score (nSPS) is 28.4. The van der Waals surface area contributed by atoms with Gasteiger partial charge in [-0.15, -0.1) is 0 Å². The Morgan fingerprint density at radius 3 is 2.85 bits per heavy atom. The third-order valence-electron chi connectivity index (χ3n) is 4.05. The lowest BCUT2D eigenvalue weighted by molar-refractivity contribution is -0.908. The van der Waals surface area contributed by atoms with Crippen LogP contribution < -0.4 is 4.90 Å². The number of carbonyl (C=O) groups is 1. The molecule has 20 heavy (non-hydrogen) atoms. The van der Waals surface area contributed by atoms with Crippen LogP contribution in [0, 0.1) is 12.8 Å². The van der Waals surface area contributed by atoms with E-state index in [9.17, 15) is 4.79 Å². The highest BCUT2D eigenvalue weighted by molar-refractivity contribution is 5.91. The molecule has 0 radical (unpaired) electrons. The Balaban J connectivity index is 2.03. The summed E-state index contributed by atoms with van der Waals surface area (Å²) in [5.74, 6) is -0.0242. The van der Waals surface area contributed by atoms with Gasteiger partial charge >= 0.3 is 5.97 Å². The summed E-state index contributed by atoms with van der Waals surface area (Å²) in [4.78, 5) is 18.6. The van der Waals surface area contributed by atoms with Gasteiger partial charge in [-0.1, -0.05) is 29.8 Å². The monoisotopic (exact) mass is 275 g/mol. The van der Waals surface area contributed by atoms with Gasteiger partial charge in [0.25, 0.3) is 0 Å². The van der Waals surface area contributed by atoms with Crippen LogP contribution in [0.1, 0.15) is 36.2 Å². The van der Waals surface area contributed by atoms with Crippen LogP contribution in [-0.4, -0.2) is 31.3 Å². The number of oxime groups is 1. The molecule has 4 nitrogen and oxygen atoms in total. The molecule has 2 rings (SSSR count). The van der Waals surface area contributed by atoms with E-state index in [0.717, 1.165) is 24.2 Å². The summed E-state index contributed by atoms with van der Waals surface area (Å²) in [6.07, 6.45) is 0.883. The number of nitrogens with zero attached hydrogens (tertiary/aromatic N) is 1. The molecule has 1 aromatic rings. The van der Waals surface area contributed by atoms with Gasteiger partial charge in [0.05, 0.1) is 30.9 Å². The summed E-state index contributed by atoms with van der Waals surface area (Å²) in [6.45, 7) is 7.31. The number of piperidine rings is 1. The molecule has 0 amide bonds. The van der Waals surface area contributed by atoms with Crippen molar-refractivity contribution in [2.45, 2.75) is 33.2 Å². The fraction of sp³-hybridized carbons (Fsp3) is 0.500. The van der Waals surface area contributed by atoms with Crippen molar-refractivity contribution in [3.63, 3.8) is 0 Å². The maximum Gasteiger partial charge on any atom is 0.365 e. The van der Waals surface area contributed by atoms with Crippen LogP contribution in [0.2, 0.25) is 0 Å². The minimum Gasteiger partial charge on any atom is -0.334 e. The SMILES string of the molecule is Cc1cccc(C(=O)ON=C2CC(C)[NH+](C)CC2C)c1. The second kappa shape index (κ2) is 6.18. The summed E-state index contributed by atoms with van der Waals surface area (Å²) < 4.78 is 0. The molecule has 1 aliphatic rings. The van der Waals surface area contributed by atoms with E-state index in [1.807, 2.05) is 25.1 Å². The first kappa shape index (κ1) is 14.7. The highest BCUT2D eigenvalue weighted by Crippen LogP contribution is 2.10. The summed E-state index contributed by atoms with van der Waals surface area (Å²) in [5.41, 5.74) is 2.58. The van der Waals surface area contributed by atoms with Gasteiger partial charge in [-0.25, -0.2) is 4.79 Å². The van der Waals surface area contributed by atoms with Crippen LogP contribution in [-0.2, 0) is 4.84 Å². The third-order valence-corrected chi connectivity index (χ3v) is 4.05. The molecule has 0 aromatic heterocycles. The number of quaternary nitrogens is 1. The number of aryl methyl sites for hydroxylation is 1. The van der Waals surface area contributed by atoms with Gasteiger partial charge in [-0.05, 0) is 26.0 Å². The Bertz CT molecular complexity index is 525. The van der Waals surface area contributed by atoms with Crippen molar-refractivity contribution >= 4 is 11.7 Å². The van der Waals surface area contributed by atoms with E-state index >= 15 is 0 Å². The first-order valence-corrected chi connectivity index (χ1v) is 7.14. The second-order valence-electron chi connectivity index (χ2n) is 5.89. The number of hydrogen-bond acceptors (Lipinski definition) is 3. The summed E-state index contributed by atoms with van der Waals surface area (Å²) in [7, 11) is 2.19. The molecular formula is C16H23N2O2+. The molecule has 1 saturated heterocycles. The number of carbonyl (C=O) groups excluding carboxylic acids is 1.